The first kappa shape index (κ1) is 14.0. The molecule has 1 heterocycles. The topological polar surface area (TPSA) is 39.7 Å². The minimum atomic E-state index is 0.394. The largest absolute Gasteiger partial charge is 0.496 e. The highest BCUT2D eigenvalue weighted by Gasteiger charge is 2.33. The van der Waals surface area contributed by atoms with E-state index in [0.717, 1.165) is 29.2 Å². The van der Waals surface area contributed by atoms with Crippen molar-refractivity contribution in [1.82, 2.24) is 5.32 Å². The maximum Gasteiger partial charge on any atom is 0.129 e. The lowest BCUT2D eigenvalue weighted by Gasteiger charge is -2.22. The fourth-order valence-electron chi connectivity index (χ4n) is 2.98. The molecule has 0 radical (unpaired) electrons. The molecule has 1 aliphatic rings. The number of methoxy groups -OCH3 is 3. The molecule has 2 rings (SSSR count). The van der Waals surface area contributed by atoms with Crippen molar-refractivity contribution >= 4 is 0 Å². The van der Waals surface area contributed by atoms with Gasteiger partial charge < -0.3 is 19.5 Å². The maximum atomic E-state index is 5.54. The van der Waals surface area contributed by atoms with Crippen molar-refractivity contribution < 1.29 is 14.2 Å². The average molecular weight is 265 g/mol. The van der Waals surface area contributed by atoms with Gasteiger partial charge in [-0.15, -0.1) is 0 Å². The van der Waals surface area contributed by atoms with Gasteiger partial charge in [-0.3, -0.25) is 0 Å². The number of nitrogens with one attached hydrogen (secondary N) is 1. The highest BCUT2D eigenvalue weighted by molar-refractivity contribution is 5.53. The Kier molecular flexibility index (Phi) is 4.20. The van der Waals surface area contributed by atoms with Gasteiger partial charge in [-0.25, -0.2) is 0 Å². The predicted molar refractivity (Wildman–Crippen MR) is 75.5 cm³/mol. The van der Waals surface area contributed by atoms with Crippen LogP contribution in [0.2, 0.25) is 0 Å². The Labute approximate surface area is 115 Å². The highest BCUT2D eigenvalue weighted by Crippen LogP contribution is 2.44. The smallest absolute Gasteiger partial charge is 0.129 e. The van der Waals surface area contributed by atoms with E-state index in [1.54, 1.807) is 21.3 Å². The fourth-order valence-corrected chi connectivity index (χ4v) is 2.98. The van der Waals surface area contributed by atoms with Gasteiger partial charge in [0, 0.05) is 35.7 Å². The fraction of sp³-hybridized carbons (Fsp3) is 0.600. The Morgan fingerprint density at radius 3 is 1.95 bits per heavy atom. The summed E-state index contributed by atoms with van der Waals surface area (Å²) in [6.45, 7) is 4.41. The molecule has 1 aliphatic heterocycles. The van der Waals surface area contributed by atoms with E-state index in [9.17, 15) is 0 Å². The Bertz CT molecular complexity index is 422. The molecule has 3 atom stereocenters. The maximum absolute atomic E-state index is 5.54. The SMILES string of the molecule is COc1cc(OC)c(C2CC(C)NC2C)c(OC)c1. The molecule has 1 N–H and O–H groups in total. The molecule has 0 saturated carbocycles. The number of benzene rings is 1. The van der Waals surface area contributed by atoms with Crippen LogP contribution >= 0.6 is 0 Å². The van der Waals surface area contributed by atoms with Crippen molar-refractivity contribution in [2.45, 2.75) is 38.3 Å². The summed E-state index contributed by atoms with van der Waals surface area (Å²) in [4.78, 5) is 0. The number of ether oxygens (including phenoxy) is 3. The first-order chi connectivity index (χ1) is 9.10. The van der Waals surface area contributed by atoms with Crippen LogP contribution in [0.3, 0.4) is 0 Å². The van der Waals surface area contributed by atoms with Gasteiger partial charge in [0.25, 0.3) is 0 Å². The summed E-state index contributed by atoms with van der Waals surface area (Å²) in [6.07, 6.45) is 1.08. The molecule has 4 nitrogen and oxygen atoms in total. The quantitative estimate of drug-likeness (QED) is 0.908. The molecular formula is C15H23NO3. The van der Waals surface area contributed by atoms with Crippen LogP contribution in [0.4, 0.5) is 0 Å². The lowest BCUT2D eigenvalue weighted by Crippen LogP contribution is -2.26. The molecule has 0 amide bonds. The van der Waals surface area contributed by atoms with Gasteiger partial charge in [-0.2, -0.15) is 0 Å². The molecule has 4 heteroatoms. The summed E-state index contributed by atoms with van der Waals surface area (Å²) in [5.74, 6) is 2.82. The standard InChI is InChI=1S/C15H23NO3/c1-9-6-12(10(2)16-9)15-13(18-4)7-11(17-3)8-14(15)19-5/h7-10,12,16H,6H2,1-5H3. The number of hydrogen-bond acceptors (Lipinski definition) is 4. The molecule has 1 aromatic rings. The Morgan fingerprint density at radius 2 is 1.58 bits per heavy atom. The van der Waals surface area contributed by atoms with Crippen molar-refractivity contribution in [3.63, 3.8) is 0 Å². The summed E-state index contributed by atoms with van der Waals surface area (Å²) in [6, 6.07) is 4.77. The van der Waals surface area contributed by atoms with Crippen molar-refractivity contribution in [3.8, 4) is 17.2 Å². The van der Waals surface area contributed by atoms with E-state index in [1.165, 1.54) is 0 Å². The van der Waals surface area contributed by atoms with E-state index in [0.29, 0.717) is 18.0 Å². The average Bonchev–Trinajstić information content (AvgIpc) is 2.75. The molecular weight excluding hydrogens is 242 g/mol. The minimum absolute atomic E-state index is 0.394. The van der Waals surface area contributed by atoms with E-state index in [-0.39, 0.29) is 0 Å². The summed E-state index contributed by atoms with van der Waals surface area (Å²) in [7, 11) is 5.03. The summed E-state index contributed by atoms with van der Waals surface area (Å²) in [5.41, 5.74) is 1.13. The van der Waals surface area contributed by atoms with Crippen LogP contribution in [0.25, 0.3) is 0 Å². The zero-order chi connectivity index (χ0) is 14.0. The summed E-state index contributed by atoms with van der Waals surface area (Å²) >= 11 is 0. The van der Waals surface area contributed by atoms with Crippen molar-refractivity contribution in [1.29, 1.82) is 0 Å². The van der Waals surface area contributed by atoms with Crippen LogP contribution in [0.5, 0.6) is 17.2 Å². The monoisotopic (exact) mass is 265 g/mol. The Balaban J connectivity index is 2.48. The van der Waals surface area contributed by atoms with Gasteiger partial charge in [-0.05, 0) is 20.3 Å². The van der Waals surface area contributed by atoms with Crippen LogP contribution in [0.1, 0.15) is 31.7 Å². The lowest BCUT2D eigenvalue weighted by atomic mass is 9.90. The Morgan fingerprint density at radius 1 is 1.00 bits per heavy atom. The van der Waals surface area contributed by atoms with E-state index in [2.05, 4.69) is 19.2 Å². The van der Waals surface area contributed by atoms with E-state index in [4.69, 9.17) is 14.2 Å². The molecule has 1 aromatic carbocycles. The zero-order valence-electron chi connectivity index (χ0n) is 12.3. The van der Waals surface area contributed by atoms with E-state index < -0.39 is 0 Å². The van der Waals surface area contributed by atoms with Crippen LogP contribution in [-0.4, -0.2) is 33.4 Å². The van der Waals surface area contributed by atoms with Gasteiger partial charge in [0.15, 0.2) is 0 Å². The highest BCUT2D eigenvalue weighted by atomic mass is 16.5. The van der Waals surface area contributed by atoms with E-state index in [1.807, 2.05) is 12.1 Å². The second-order valence-corrected chi connectivity index (χ2v) is 5.14. The van der Waals surface area contributed by atoms with Crippen molar-refractivity contribution in [3.05, 3.63) is 17.7 Å². The third-order valence-electron chi connectivity index (χ3n) is 3.88. The third kappa shape index (κ3) is 2.63. The van der Waals surface area contributed by atoms with Gasteiger partial charge in [0.05, 0.1) is 21.3 Å². The van der Waals surface area contributed by atoms with Crippen molar-refractivity contribution in [2.24, 2.45) is 0 Å². The van der Waals surface area contributed by atoms with Crippen LogP contribution in [0.15, 0.2) is 12.1 Å². The molecule has 19 heavy (non-hydrogen) atoms. The van der Waals surface area contributed by atoms with E-state index >= 15 is 0 Å². The first-order valence-electron chi connectivity index (χ1n) is 6.66. The van der Waals surface area contributed by atoms with Crippen LogP contribution in [0, 0.1) is 0 Å². The first-order valence-corrected chi connectivity index (χ1v) is 6.66. The van der Waals surface area contributed by atoms with Gasteiger partial charge in [0.1, 0.15) is 17.2 Å². The Hall–Kier alpha value is -1.42. The molecule has 1 fully saturated rings. The van der Waals surface area contributed by atoms with Gasteiger partial charge in [0.2, 0.25) is 0 Å². The second-order valence-electron chi connectivity index (χ2n) is 5.14. The molecule has 0 aromatic heterocycles. The molecule has 3 unspecified atom stereocenters. The lowest BCUT2D eigenvalue weighted by molar-refractivity contribution is 0.361. The molecule has 106 valence electrons. The molecule has 1 saturated heterocycles. The number of hydrogen-bond donors (Lipinski definition) is 1. The van der Waals surface area contributed by atoms with Crippen LogP contribution < -0.4 is 19.5 Å². The third-order valence-corrected chi connectivity index (χ3v) is 3.88. The van der Waals surface area contributed by atoms with Gasteiger partial charge >= 0.3 is 0 Å². The summed E-state index contributed by atoms with van der Waals surface area (Å²) in [5, 5.41) is 3.55. The second kappa shape index (κ2) is 5.70. The van der Waals surface area contributed by atoms with Gasteiger partial charge in [-0.1, -0.05) is 0 Å². The van der Waals surface area contributed by atoms with Crippen molar-refractivity contribution in [2.75, 3.05) is 21.3 Å². The zero-order valence-corrected chi connectivity index (χ0v) is 12.3. The molecule has 0 bridgehead atoms. The normalized spacial score (nSPS) is 26.3. The molecule has 0 aliphatic carbocycles. The number of rotatable bonds is 4. The predicted octanol–water partition coefficient (Wildman–Crippen LogP) is 2.57. The summed E-state index contributed by atoms with van der Waals surface area (Å²) < 4.78 is 16.4. The molecule has 0 spiro atoms. The van der Waals surface area contributed by atoms with Crippen LogP contribution in [-0.2, 0) is 0 Å². The minimum Gasteiger partial charge on any atom is -0.496 e.